The Hall–Kier alpha value is -0.120. The van der Waals surface area contributed by atoms with E-state index < -0.39 is 5.60 Å². The molecule has 1 fully saturated rings. The zero-order valence-electron chi connectivity index (χ0n) is 10.2. The van der Waals surface area contributed by atoms with Gasteiger partial charge in [0.2, 0.25) is 0 Å². The average molecular weight is 216 g/mol. The first-order valence-electron chi connectivity index (χ1n) is 5.97. The first-order valence-corrected chi connectivity index (χ1v) is 5.97. The maximum Gasteiger partial charge on any atom is 0.157 e. The molecular weight excluding hydrogens is 192 g/mol. The fraction of sp³-hybridized carbons (Fsp3) is 1.00. The van der Waals surface area contributed by atoms with Gasteiger partial charge in [0.1, 0.15) is 0 Å². The highest BCUT2D eigenvalue weighted by Gasteiger charge is 2.19. The summed E-state index contributed by atoms with van der Waals surface area (Å²) in [7, 11) is 0. The van der Waals surface area contributed by atoms with Crippen molar-refractivity contribution in [3.63, 3.8) is 0 Å². The van der Waals surface area contributed by atoms with Gasteiger partial charge in [-0.3, -0.25) is 0 Å². The smallest absolute Gasteiger partial charge is 0.157 e. The Morgan fingerprint density at radius 2 is 2.20 bits per heavy atom. The lowest BCUT2D eigenvalue weighted by Gasteiger charge is -2.27. The van der Waals surface area contributed by atoms with Crippen LogP contribution in [0.4, 0.5) is 0 Å². The molecule has 1 rings (SSSR count). The molecule has 0 bridgehead atoms. The fourth-order valence-electron chi connectivity index (χ4n) is 1.70. The largest absolute Gasteiger partial charge is 0.390 e. The summed E-state index contributed by atoms with van der Waals surface area (Å²) in [5, 5.41) is 9.59. The van der Waals surface area contributed by atoms with E-state index in [1.165, 1.54) is 6.42 Å². The van der Waals surface area contributed by atoms with Crippen LogP contribution in [0, 0.1) is 0 Å². The minimum absolute atomic E-state index is 0.0180. The molecule has 0 radical (unpaired) electrons. The second-order valence-electron chi connectivity index (χ2n) is 5.09. The van der Waals surface area contributed by atoms with Crippen LogP contribution in [0.3, 0.4) is 0 Å². The van der Waals surface area contributed by atoms with Crippen molar-refractivity contribution in [3.8, 4) is 0 Å². The van der Waals surface area contributed by atoms with Gasteiger partial charge in [-0.05, 0) is 52.9 Å². The zero-order valence-corrected chi connectivity index (χ0v) is 10.2. The third-order valence-electron chi connectivity index (χ3n) is 2.68. The molecule has 1 aliphatic heterocycles. The second-order valence-corrected chi connectivity index (χ2v) is 5.09. The lowest BCUT2D eigenvalue weighted by atomic mass is 10.0. The van der Waals surface area contributed by atoms with Gasteiger partial charge in [-0.1, -0.05) is 0 Å². The molecule has 2 unspecified atom stereocenters. The average Bonchev–Trinajstić information content (AvgIpc) is 2.15. The van der Waals surface area contributed by atoms with E-state index in [4.69, 9.17) is 9.47 Å². The first-order chi connectivity index (χ1) is 6.97. The highest BCUT2D eigenvalue weighted by atomic mass is 16.7. The van der Waals surface area contributed by atoms with Crippen molar-refractivity contribution in [1.29, 1.82) is 0 Å². The Bertz CT molecular complexity index is 168. The van der Waals surface area contributed by atoms with E-state index in [0.29, 0.717) is 0 Å². The summed E-state index contributed by atoms with van der Waals surface area (Å²) >= 11 is 0. The van der Waals surface area contributed by atoms with E-state index >= 15 is 0 Å². The van der Waals surface area contributed by atoms with Crippen LogP contribution in [-0.4, -0.2) is 29.7 Å². The zero-order chi connectivity index (χ0) is 11.3. The van der Waals surface area contributed by atoms with Gasteiger partial charge in [0.05, 0.1) is 11.7 Å². The van der Waals surface area contributed by atoms with E-state index in [-0.39, 0.29) is 12.4 Å². The van der Waals surface area contributed by atoms with Crippen molar-refractivity contribution in [1.82, 2.24) is 0 Å². The Morgan fingerprint density at radius 1 is 1.47 bits per heavy atom. The normalized spacial score (nSPS) is 25.2. The molecular formula is C12H24O3. The monoisotopic (exact) mass is 216 g/mol. The van der Waals surface area contributed by atoms with Gasteiger partial charge in [0, 0.05) is 6.61 Å². The molecule has 0 aromatic rings. The highest BCUT2D eigenvalue weighted by Crippen LogP contribution is 2.19. The van der Waals surface area contributed by atoms with Crippen LogP contribution in [0.15, 0.2) is 0 Å². The molecule has 2 atom stereocenters. The molecule has 1 heterocycles. The summed E-state index contributed by atoms with van der Waals surface area (Å²) in [5.41, 5.74) is -0.592. The molecule has 0 spiro atoms. The van der Waals surface area contributed by atoms with Gasteiger partial charge in [-0.15, -0.1) is 0 Å². The van der Waals surface area contributed by atoms with Gasteiger partial charge < -0.3 is 14.6 Å². The lowest BCUT2D eigenvalue weighted by Crippen LogP contribution is -2.28. The molecule has 0 aromatic carbocycles. The van der Waals surface area contributed by atoms with E-state index in [9.17, 15) is 5.11 Å². The maximum absolute atomic E-state index is 9.59. The molecule has 1 aliphatic rings. The number of hydrogen-bond acceptors (Lipinski definition) is 3. The molecule has 0 aromatic heterocycles. The lowest BCUT2D eigenvalue weighted by molar-refractivity contribution is -0.187. The van der Waals surface area contributed by atoms with Crippen LogP contribution in [0.1, 0.15) is 52.9 Å². The number of aliphatic hydroxyl groups is 1. The molecule has 90 valence electrons. The Labute approximate surface area is 92.8 Å². The first kappa shape index (κ1) is 12.9. The Morgan fingerprint density at radius 3 is 2.73 bits per heavy atom. The van der Waals surface area contributed by atoms with Crippen LogP contribution in [0.5, 0.6) is 0 Å². The van der Waals surface area contributed by atoms with Gasteiger partial charge >= 0.3 is 0 Å². The van der Waals surface area contributed by atoms with E-state index in [0.717, 1.165) is 32.3 Å². The van der Waals surface area contributed by atoms with E-state index in [1.54, 1.807) is 0 Å². The van der Waals surface area contributed by atoms with Crippen LogP contribution >= 0.6 is 0 Å². The van der Waals surface area contributed by atoms with Gasteiger partial charge in [0.25, 0.3) is 0 Å². The van der Waals surface area contributed by atoms with E-state index in [1.807, 2.05) is 20.8 Å². The maximum atomic E-state index is 9.59. The Balaban J connectivity index is 2.14. The Kier molecular flexibility index (Phi) is 5.03. The van der Waals surface area contributed by atoms with Crippen molar-refractivity contribution >= 4 is 0 Å². The van der Waals surface area contributed by atoms with Crippen molar-refractivity contribution in [2.45, 2.75) is 70.9 Å². The summed E-state index contributed by atoms with van der Waals surface area (Å²) < 4.78 is 11.2. The summed E-state index contributed by atoms with van der Waals surface area (Å²) in [6.07, 6.45) is 5.15. The third-order valence-corrected chi connectivity index (χ3v) is 2.68. The van der Waals surface area contributed by atoms with Crippen LogP contribution in [-0.2, 0) is 9.47 Å². The molecule has 3 nitrogen and oxygen atoms in total. The summed E-state index contributed by atoms with van der Waals surface area (Å²) in [5.74, 6) is 0. The standard InChI is InChI=1S/C12H24O3/c1-10(7-8-12(2,3)13)15-11-6-4-5-9-14-11/h10-11,13H,4-9H2,1-3H3. The third kappa shape index (κ3) is 6.13. The molecule has 3 heteroatoms. The van der Waals surface area contributed by atoms with Crippen LogP contribution < -0.4 is 0 Å². The molecule has 15 heavy (non-hydrogen) atoms. The van der Waals surface area contributed by atoms with Crippen LogP contribution in [0.2, 0.25) is 0 Å². The molecule has 1 saturated heterocycles. The predicted octanol–water partition coefficient (Wildman–Crippen LogP) is 2.47. The second kappa shape index (κ2) is 5.83. The summed E-state index contributed by atoms with van der Waals surface area (Å²) in [4.78, 5) is 0. The van der Waals surface area contributed by atoms with Crippen LogP contribution in [0.25, 0.3) is 0 Å². The summed E-state index contributed by atoms with van der Waals surface area (Å²) in [6, 6.07) is 0. The van der Waals surface area contributed by atoms with Crippen molar-refractivity contribution in [3.05, 3.63) is 0 Å². The minimum atomic E-state index is -0.592. The van der Waals surface area contributed by atoms with Crippen molar-refractivity contribution in [2.24, 2.45) is 0 Å². The van der Waals surface area contributed by atoms with Crippen molar-refractivity contribution < 1.29 is 14.6 Å². The predicted molar refractivity (Wildman–Crippen MR) is 59.7 cm³/mol. The SMILES string of the molecule is CC(CCC(C)(C)O)OC1CCCCO1. The topological polar surface area (TPSA) is 38.7 Å². The molecule has 0 saturated carbocycles. The number of rotatable bonds is 5. The van der Waals surface area contributed by atoms with Crippen molar-refractivity contribution in [2.75, 3.05) is 6.61 Å². The molecule has 1 N–H and O–H groups in total. The fourth-order valence-corrected chi connectivity index (χ4v) is 1.70. The number of hydrogen-bond donors (Lipinski definition) is 1. The van der Waals surface area contributed by atoms with Gasteiger partial charge in [0.15, 0.2) is 6.29 Å². The van der Waals surface area contributed by atoms with Gasteiger partial charge in [-0.25, -0.2) is 0 Å². The number of ether oxygens (including phenoxy) is 2. The molecule has 0 amide bonds. The minimum Gasteiger partial charge on any atom is -0.390 e. The quantitative estimate of drug-likeness (QED) is 0.767. The molecule has 0 aliphatic carbocycles. The van der Waals surface area contributed by atoms with E-state index in [2.05, 4.69) is 0 Å². The van der Waals surface area contributed by atoms with Gasteiger partial charge in [-0.2, -0.15) is 0 Å². The highest BCUT2D eigenvalue weighted by molar-refractivity contribution is 4.67. The summed E-state index contributed by atoms with van der Waals surface area (Å²) in [6.45, 7) is 6.53.